The first kappa shape index (κ1) is 9.18. The molecule has 0 aliphatic heterocycles. The van der Waals surface area contributed by atoms with Crippen LogP contribution in [0, 0.1) is 0 Å². The molecule has 68 valence electrons. The van der Waals surface area contributed by atoms with Gasteiger partial charge in [0.05, 0.1) is 5.75 Å². The minimum absolute atomic E-state index is 0.162. The monoisotopic (exact) mass is 192 g/mol. The van der Waals surface area contributed by atoms with Crippen LogP contribution in [0.4, 0.5) is 3.89 Å². The van der Waals surface area contributed by atoms with Crippen molar-refractivity contribution in [3.63, 3.8) is 0 Å². The molecule has 0 N–H and O–H groups in total. The Labute approximate surface area is 70.2 Å². The van der Waals surface area contributed by atoms with Crippen LogP contribution < -0.4 is 0 Å². The number of nitrogens with zero attached hydrogens (tertiary/aromatic N) is 2. The topological polar surface area (TPSA) is 52.0 Å². The van der Waals surface area contributed by atoms with Gasteiger partial charge in [-0.05, 0) is 6.07 Å². The summed E-state index contributed by atoms with van der Waals surface area (Å²) in [4.78, 5) is 0. The van der Waals surface area contributed by atoms with Crippen LogP contribution >= 0.6 is 0 Å². The van der Waals surface area contributed by atoms with Gasteiger partial charge in [-0.1, -0.05) is 0 Å². The minimum Gasteiger partial charge on any atom is -0.273 e. The Morgan fingerprint density at radius 3 is 2.75 bits per heavy atom. The summed E-state index contributed by atoms with van der Waals surface area (Å²) in [5.74, 6) is -0.480. The first-order chi connectivity index (χ1) is 5.49. The van der Waals surface area contributed by atoms with Crippen LogP contribution in [0.5, 0.6) is 0 Å². The SMILES string of the molecule is Cn1nccc1CCS(=O)(=O)F. The van der Waals surface area contributed by atoms with E-state index in [1.54, 1.807) is 19.3 Å². The average molecular weight is 192 g/mol. The van der Waals surface area contributed by atoms with Crippen molar-refractivity contribution in [3.05, 3.63) is 18.0 Å². The Bertz CT molecular complexity index is 357. The molecule has 0 saturated heterocycles. The third-order valence-electron chi connectivity index (χ3n) is 1.52. The average Bonchev–Trinajstić information content (AvgIpc) is 2.29. The van der Waals surface area contributed by atoms with Crippen LogP contribution in [-0.2, 0) is 23.7 Å². The predicted molar refractivity (Wildman–Crippen MR) is 41.8 cm³/mol. The molecule has 0 saturated carbocycles. The second kappa shape index (κ2) is 3.22. The zero-order chi connectivity index (χ0) is 9.19. The van der Waals surface area contributed by atoms with Crippen molar-refractivity contribution in [2.45, 2.75) is 6.42 Å². The maximum atomic E-state index is 12.1. The Morgan fingerprint density at radius 2 is 2.33 bits per heavy atom. The second-order valence-corrected chi connectivity index (χ2v) is 3.93. The standard InChI is InChI=1S/C6H9FN2O2S/c1-9-6(2-4-8-9)3-5-12(7,10)11/h2,4H,3,5H2,1H3. The number of aromatic nitrogens is 2. The molecule has 0 bridgehead atoms. The highest BCUT2D eigenvalue weighted by Crippen LogP contribution is 2.01. The molecule has 12 heavy (non-hydrogen) atoms. The molecule has 0 unspecified atom stereocenters. The van der Waals surface area contributed by atoms with Crippen molar-refractivity contribution in [1.29, 1.82) is 0 Å². The number of aryl methyl sites for hydroxylation is 2. The lowest BCUT2D eigenvalue weighted by Crippen LogP contribution is -2.06. The minimum atomic E-state index is -4.36. The molecule has 0 amide bonds. The van der Waals surface area contributed by atoms with Gasteiger partial charge >= 0.3 is 10.2 Å². The van der Waals surface area contributed by atoms with E-state index in [0.717, 1.165) is 0 Å². The largest absolute Gasteiger partial charge is 0.302 e. The summed E-state index contributed by atoms with van der Waals surface area (Å²) in [5, 5.41) is 3.82. The molecule has 0 spiro atoms. The van der Waals surface area contributed by atoms with E-state index in [9.17, 15) is 12.3 Å². The maximum Gasteiger partial charge on any atom is 0.302 e. The molecule has 1 aromatic rings. The van der Waals surface area contributed by atoms with Crippen molar-refractivity contribution < 1.29 is 12.3 Å². The molecule has 1 heterocycles. The summed E-state index contributed by atoms with van der Waals surface area (Å²) in [6.07, 6.45) is 1.70. The zero-order valence-corrected chi connectivity index (χ0v) is 7.38. The second-order valence-electron chi connectivity index (χ2n) is 2.44. The Balaban J connectivity index is 2.61. The van der Waals surface area contributed by atoms with Gasteiger partial charge in [-0.3, -0.25) is 4.68 Å². The number of hydrogen-bond donors (Lipinski definition) is 0. The van der Waals surface area contributed by atoms with Crippen LogP contribution in [0.2, 0.25) is 0 Å². The highest BCUT2D eigenvalue weighted by molar-refractivity contribution is 7.86. The smallest absolute Gasteiger partial charge is 0.273 e. The van der Waals surface area contributed by atoms with Gasteiger partial charge in [0.15, 0.2) is 0 Å². The van der Waals surface area contributed by atoms with Crippen molar-refractivity contribution >= 4 is 10.2 Å². The van der Waals surface area contributed by atoms with E-state index in [4.69, 9.17) is 0 Å². The molecule has 0 aliphatic rings. The van der Waals surface area contributed by atoms with E-state index in [0.29, 0.717) is 5.69 Å². The molecule has 6 heteroatoms. The molecular formula is C6H9FN2O2S. The lowest BCUT2D eigenvalue weighted by molar-refractivity contribution is 0.550. The highest BCUT2D eigenvalue weighted by atomic mass is 32.3. The molecular weight excluding hydrogens is 183 g/mol. The van der Waals surface area contributed by atoms with Gasteiger partial charge in [0.1, 0.15) is 0 Å². The fraction of sp³-hybridized carbons (Fsp3) is 0.500. The van der Waals surface area contributed by atoms with Crippen LogP contribution in [-0.4, -0.2) is 24.0 Å². The van der Waals surface area contributed by atoms with Gasteiger partial charge in [0.25, 0.3) is 0 Å². The maximum absolute atomic E-state index is 12.1. The number of halogens is 1. The van der Waals surface area contributed by atoms with Gasteiger partial charge in [-0.25, -0.2) is 0 Å². The molecule has 1 rings (SSSR count). The molecule has 0 radical (unpaired) electrons. The van der Waals surface area contributed by atoms with Gasteiger partial charge in [-0.2, -0.15) is 13.5 Å². The van der Waals surface area contributed by atoms with Gasteiger partial charge < -0.3 is 0 Å². The van der Waals surface area contributed by atoms with Crippen LogP contribution in [0.15, 0.2) is 12.3 Å². The van der Waals surface area contributed by atoms with E-state index in [-0.39, 0.29) is 6.42 Å². The van der Waals surface area contributed by atoms with Crippen molar-refractivity contribution in [2.75, 3.05) is 5.75 Å². The summed E-state index contributed by atoms with van der Waals surface area (Å²) in [6.45, 7) is 0. The fourth-order valence-electron chi connectivity index (χ4n) is 0.873. The molecule has 0 fully saturated rings. The van der Waals surface area contributed by atoms with E-state index in [1.165, 1.54) is 4.68 Å². The highest BCUT2D eigenvalue weighted by Gasteiger charge is 2.08. The molecule has 4 nitrogen and oxygen atoms in total. The Kier molecular flexibility index (Phi) is 2.46. The van der Waals surface area contributed by atoms with E-state index >= 15 is 0 Å². The molecule has 0 aromatic carbocycles. The Hall–Kier alpha value is -0.910. The summed E-state index contributed by atoms with van der Waals surface area (Å²) in [6, 6.07) is 1.66. The first-order valence-corrected chi connectivity index (χ1v) is 4.93. The summed E-state index contributed by atoms with van der Waals surface area (Å²) in [5.41, 5.74) is 0.705. The summed E-state index contributed by atoms with van der Waals surface area (Å²) in [7, 11) is -2.68. The lowest BCUT2D eigenvalue weighted by Gasteiger charge is -1.97. The quantitative estimate of drug-likeness (QED) is 0.645. The van der Waals surface area contributed by atoms with Crippen LogP contribution in [0.3, 0.4) is 0 Å². The van der Waals surface area contributed by atoms with Crippen LogP contribution in [0.1, 0.15) is 5.69 Å². The van der Waals surface area contributed by atoms with Crippen molar-refractivity contribution in [3.8, 4) is 0 Å². The van der Waals surface area contributed by atoms with Gasteiger partial charge in [-0.15, -0.1) is 3.89 Å². The lowest BCUT2D eigenvalue weighted by atomic mass is 10.3. The molecule has 0 atom stereocenters. The first-order valence-electron chi connectivity index (χ1n) is 3.38. The van der Waals surface area contributed by atoms with Gasteiger partial charge in [0.2, 0.25) is 0 Å². The summed E-state index contributed by atoms with van der Waals surface area (Å²) >= 11 is 0. The molecule has 0 aliphatic carbocycles. The fourth-order valence-corrected chi connectivity index (χ4v) is 1.33. The number of hydrogen-bond acceptors (Lipinski definition) is 3. The third kappa shape index (κ3) is 2.61. The van der Waals surface area contributed by atoms with Crippen LogP contribution in [0.25, 0.3) is 0 Å². The zero-order valence-electron chi connectivity index (χ0n) is 6.57. The van der Waals surface area contributed by atoms with E-state index in [2.05, 4.69) is 5.10 Å². The third-order valence-corrected chi connectivity index (χ3v) is 2.22. The van der Waals surface area contributed by atoms with Gasteiger partial charge in [0, 0.05) is 25.4 Å². The normalized spacial score (nSPS) is 11.8. The number of rotatable bonds is 3. The van der Waals surface area contributed by atoms with E-state index < -0.39 is 16.0 Å². The predicted octanol–water partition coefficient (Wildman–Crippen LogP) is 0.262. The van der Waals surface area contributed by atoms with Crippen molar-refractivity contribution in [1.82, 2.24) is 9.78 Å². The van der Waals surface area contributed by atoms with Crippen molar-refractivity contribution in [2.24, 2.45) is 7.05 Å². The molecule has 1 aromatic heterocycles. The summed E-state index contributed by atoms with van der Waals surface area (Å²) < 4.78 is 33.9. The Morgan fingerprint density at radius 1 is 1.67 bits per heavy atom. The van der Waals surface area contributed by atoms with E-state index in [1.807, 2.05) is 0 Å².